The summed E-state index contributed by atoms with van der Waals surface area (Å²) in [6.45, 7) is 0.874. The SMILES string of the molecule is COc1cccc([C@@]2(OC(=O)c3ccccc3)CCCC[C@@H]2CN(C)C)c1. The fourth-order valence-corrected chi connectivity index (χ4v) is 4.15. The molecule has 3 rings (SSSR count). The topological polar surface area (TPSA) is 38.8 Å². The van der Waals surface area contributed by atoms with Crippen molar-refractivity contribution in [3.8, 4) is 5.75 Å². The number of carbonyl (C=O) groups excluding carboxylic acids is 1. The summed E-state index contributed by atoms with van der Waals surface area (Å²) >= 11 is 0. The number of ether oxygens (including phenoxy) is 2. The van der Waals surface area contributed by atoms with Gasteiger partial charge in [-0.25, -0.2) is 4.79 Å². The molecular weight excluding hydrogens is 338 g/mol. The molecule has 1 aliphatic carbocycles. The molecule has 1 saturated carbocycles. The number of esters is 1. The van der Waals surface area contributed by atoms with E-state index in [9.17, 15) is 4.79 Å². The lowest BCUT2D eigenvalue weighted by molar-refractivity contribution is -0.0826. The molecule has 0 N–H and O–H groups in total. The van der Waals surface area contributed by atoms with Crippen molar-refractivity contribution in [2.24, 2.45) is 5.92 Å². The molecule has 2 aromatic rings. The van der Waals surface area contributed by atoms with Gasteiger partial charge in [-0.05, 0) is 63.2 Å². The minimum absolute atomic E-state index is 0.237. The van der Waals surface area contributed by atoms with E-state index >= 15 is 0 Å². The average Bonchev–Trinajstić information content (AvgIpc) is 2.70. The fraction of sp³-hybridized carbons (Fsp3) is 0.435. The highest BCUT2D eigenvalue weighted by molar-refractivity contribution is 5.89. The van der Waals surface area contributed by atoms with Crippen LogP contribution < -0.4 is 4.74 Å². The number of methoxy groups -OCH3 is 1. The van der Waals surface area contributed by atoms with E-state index in [1.807, 2.05) is 48.5 Å². The van der Waals surface area contributed by atoms with E-state index in [0.29, 0.717) is 5.56 Å². The van der Waals surface area contributed by atoms with E-state index < -0.39 is 5.60 Å². The number of rotatable bonds is 6. The van der Waals surface area contributed by atoms with Crippen molar-refractivity contribution in [3.63, 3.8) is 0 Å². The third-order valence-corrected chi connectivity index (χ3v) is 5.44. The molecule has 0 amide bonds. The predicted molar refractivity (Wildman–Crippen MR) is 107 cm³/mol. The van der Waals surface area contributed by atoms with Crippen molar-refractivity contribution in [3.05, 3.63) is 65.7 Å². The normalized spacial score (nSPS) is 22.4. The van der Waals surface area contributed by atoms with Gasteiger partial charge in [-0.1, -0.05) is 36.8 Å². The number of hydrogen-bond donors (Lipinski definition) is 0. The minimum atomic E-state index is -0.635. The molecule has 0 aliphatic heterocycles. The number of hydrogen-bond acceptors (Lipinski definition) is 4. The van der Waals surface area contributed by atoms with Crippen molar-refractivity contribution >= 4 is 5.97 Å². The maximum absolute atomic E-state index is 13.0. The number of benzene rings is 2. The quantitative estimate of drug-likeness (QED) is 0.705. The van der Waals surface area contributed by atoms with Crippen LogP contribution in [0.4, 0.5) is 0 Å². The molecule has 0 spiro atoms. The summed E-state index contributed by atoms with van der Waals surface area (Å²) in [6, 6.07) is 17.3. The Labute approximate surface area is 162 Å². The molecule has 0 heterocycles. The van der Waals surface area contributed by atoms with Crippen molar-refractivity contribution < 1.29 is 14.3 Å². The van der Waals surface area contributed by atoms with Crippen molar-refractivity contribution in [2.75, 3.05) is 27.7 Å². The Morgan fingerprint density at radius 3 is 2.59 bits per heavy atom. The van der Waals surface area contributed by atoms with Crippen LogP contribution in [-0.4, -0.2) is 38.6 Å². The van der Waals surface area contributed by atoms with Gasteiger partial charge in [0.1, 0.15) is 11.4 Å². The summed E-state index contributed by atoms with van der Waals surface area (Å²) in [5.41, 5.74) is 0.982. The lowest BCUT2D eigenvalue weighted by Crippen LogP contribution is -2.46. The molecule has 0 aromatic heterocycles. The molecule has 4 heteroatoms. The standard InChI is InChI=1S/C23H29NO3/c1-24(2)17-20-12-7-8-15-23(20,19-13-9-14-21(16-19)26-3)27-22(25)18-10-5-4-6-11-18/h4-6,9-11,13-14,16,20H,7-8,12,15,17H2,1-3H3/t20-,23+/m1/s1. The molecule has 4 nitrogen and oxygen atoms in total. The first-order valence-corrected chi connectivity index (χ1v) is 9.63. The van der Waals surface area contributed by atoms with E-state index in [-0.39, 0.29) is 11.9 Å². The minimum Gasteiger partial charge on any atom is -0.497 e. The summed E-state index contributed by atoms with van der Waals surface area (Å²) in [5.74, 6) is 0.766. The fourth-order valence-electron chi connectivity index (χ4n) is 4.15. The van der Waals surface area contributed by atoms with Gasteiger partial charge in [0, 0.05) is 12.5 Å². The van der Waals surface area contributed by atoms with Gasteiger partial charge in [-0.15, -0.1) is 0 Å². The zero-order chi connectivity index (χ0) is 19.3. The highest BCUT2D eigenvalue weighted by Gasteiger charge is 2.46. The molecule has 0 bridgehead atoms. The summed E-state index contributed by atoms with van der Waals surface area (Å²) in [5, 5.41) is 0. The zero-order valence-corrected chi connectivity index (χ0v) is 16.5. The van der Waals surface area contributed by atoms with Gasteiger partial charge in [-0.2, -0.15) is 0 Å². The first-order valence-electron chi connectivity index (χ1n) is 9.63. The maximum atomic E-state index is 13.0. The lowest BCUT2D eigenvalue weighted by atomic mass is 9.71. The van der Waals surface area contributed by atoms with Crippen molar-refractivity contribution in [1.29, 1.82) is 0 Å². The van der Waals surface area contributed by atoms with E-state index in [0.717, 1.165) is 43.5 Å². The average molecular weight is 367 g/mol. The first kappa shape index (κ1) is 19.4. The highest BCUT2D eigenvalue weighted by Crippen LogP contribution is 2.46. The molecular formula is C23H29NO3. The Hall–Kier alpha value is -2.33. The van der Waals surface area contributed by atoms with E-state index in [1.54, 1.807) is 7.11 Å². The molecule has 2 atom stereocenters. The molecule has 144 valence electrons. The molecule has 0 radical (unpaired) electrons. The molecule has 1 aliphatic rings. The van der Waals surface area contributed by atoms with Crippen LogP contribution in [-0.2, 0) is 10.3 Å². The Morgan fingerprint density at radius 1 is 1.11 bits per heavy atom. The van der Waals surface area contributed by atoms with E-state index in [4.69, 9.17) is 9.47 Å². The predicted octanol–water partition coefficient (Wildman–Crippen LogP) is 4.50. The first-order chi connectivity index (χ1) is 13.0. The van der Waals surface area contributed by atoms with Crippen molar-refractivity contribution in [2.45, 2.75) is 31.3 Å². The van der Waals surface area contributed by atoms with E-state index in [1.165, 1.54) is 0 Å². The van der Waals surface area contributed by atoms with Crippen LogP contribution in [0.2, 0.25) is 0 Å². The van der Waals surface area contributed by atoms with Crippen molar-refractivity contribution in [1.82, 2.24) is 4.90 Å². The monoisotopic (exact) mass is 367 g/mol. The Bertz CT molecular complexity index is 759. The third kappa shape index (κ3) is 4.33. The van der Waals surface area contributed by atoms with Gasteiger partial charge in [0.25, 0.3) is 0 Å². The zero-order valence-electron chi connectivity index (χ0n) is 16.5. The molecule has 0 unspecified atom stereocenters. The van der Waals surface area contributed by atoms with Crippen LogP contribution in [0.15, 0.2) is 54.6 Å². The summed E-state index contributed by atoms with van der Waals surface area (Å²) in [7, 11) is 5.81. The van der Waals surface area contributed by atoms with Gasteiger partial charge in [0.05, 0.1) is 12.7 Å². The second-order valence-corrected chi connectivity index (χ2v) is 7.58. The van der Waals surface area contributed by atoms with Gasteiger partial charge in [-0.3, -0.25) is 0 Å². The maximum Gasteiger partial charge on any atom is 0.339 e. The van der Waals surface area contributed by atoms with Crippen LogP contribution in [0.5, 0.6) is 5.75 Å². The summed E-state index contributed by atoms with van der Waals surface area (Å²) in [4.78, 5) is 15.2. The largest absolute Gasteiger partial charge is 0.497 e. The van der Waals surface area contributed by atoms with Gasteiger partial charge in [0.2, 0.25) is 0 Å². The highest BCUT2D eigenvalue weighted by atomic mass is 16.6. The summed E-state index contributed by atoms with van der Waals surface area (Å²) in [6.07, 6.45) is 4.07. The number of nitrogens with zero attached hydrogens (tertiary/aromatic N) is 1. The van der Waals surface area contributed by atoms with Gasteiger partial charge in [0.15, 0.2) is 0 Å². The van der Waals surface area contributed by atoms with Crippen LogP contribution in [0, 0.1) is 5.92 Å². The molecule has 1 fully saturated rings. The second-order valence-electron chi connectivity index (χ2n) is 7.58. The van der Waals surface area contributed by atoms with E-state index in [2.05, 4.69) is 25.1 Å². The Balaban J connectivity index is 2.02. The molecule has 2 aromatic carbocycles. The third-order valence-electron chi connectivity index (χ3n) is 5.44. The smallest absolute Gasteiger partial charge is 0.339 e. The second kappa shape index (κ2) is 8.57. The molecule has 0 saturated heterocycles. The number of carbonyl (C=O) groups is 1. The Kier molecular flexibility index (Phi) is 6.17. The van der Waals surface area contributed by atoms with Crippen LogP contribution >= 0.6 is 0 Å². The Morgan fingerprint density at radius 2 is 1.89 bits per heavy atom. The molecule has 27 heavy (non-hydrogen) atoms. The van der Waals surface area contributed by atoms with Crippen LogP contribution in [0.25, 0.3) is 0 Å². The summed E-state index contributed by atoms with van der Waals surface area (Å²) < 4.78 is 11.8. The van der Waals surface area contributed by atoms with Crippen LogP contribution in [0.1, 0.15) is 41.6 Å². The van der Waals surface area contributed by atoms with Crippen LogP contribution in [0.3, 0.4) is 0 Å². The van der Waals surface area contributed by atoms with Gasteiger partial charge < -0.3 is 14.4 Å². The lowest BCUT2D eigenvalue weighted by Gasteiger charge is -2.45. The van der Waals surface area contributed by atoms with Gasteiger partial charge >= 0.3 is 5.97 Å².